The molecule has 5 rings (SSSR count). The Hall–Kier alpha value is -0.830. The van der Waals surface area contributed by atoms with Crippen LogP contribution in [0, 0.1) is 17.8 Å². The van der Waals surface area contributed by atoms with E-state index < -0.39 is 0 Å². The molecule has 4 aliphatic carbocycles. The molecule has 3 nitrogen and oxygen atoms in total. The SMILES string of the molecule is CC(C)c1nc(C23CC4CC(CC(C4)C2)C3)c(CN)o1. The lowest BCUT2D eigenvalue weighted by molar-refractivity contribution is -0.00776. The van der Waals surface area contributed by atoms with Crippen LogP contribution in [0.25, 0.3) is 0 Å². The second-order valence-electron chi connectivity index (χ2n) is 7.88. The Morgan fingerprint density at radius 2 is 1.70 bits per heavy atom. The first-order chi connectivity index (χ1) is 9.59. The van der Waals surface area contributed by atoms with Gasteiger partial charge in [0.25, 0.3) is 0 Å². The van der Waals surface area contributed by atoms with E-state index in [0.29, 0.717) is 17.9 Å². The van der Waals surface area contributed by atoms with Crippen LogP contribution in [-0.4, -0.2) is 4.98 Å². The van der Waals surface area contributed by atoms with Crippen LogP contribution in [0.5, 0.6) is 0 Å². The lowest BCUT2D eigenvalue weighted by Gasteiger charge is -2.56. The molecule has 3 heteroatoms. The molecule has 4 saturated carbocycles. The van der Waals surface area contributed by atoms with Crippen molar-refractivity contribution >= 4 is 0 Å². The third kappa shape index (κ3) is 1.78. The molecule has 4 aliphatic rings. The summed E-state index contributed by atoms with van der Waals surface area (Å²) < 4.78 is 5.98. The molecule has 4 fully saturated rings. The van der Waals surface area contributed by atoms with Gasteiger partial charge in [-0.25, -0.2) is 4.98 Å². The fraction of sp³-hybridized carbons (Fsp3) is 0.824. The summed E-state index contributed by atoms with van der Waals surface area (Å²) in [6, 6.07) is 0. The predicted molar refractivity (Wildman–Crippen MR) is 78.3 cm³/mol. The minimum Gasteiger partial charge on any atom is -0.444 e. The Labute approximate surface area is 121 Å². The van der Waals surface area contributed by atoms with E-state index in [4.69, 9.17) is 15.1 Å². The van der Waals surface area contributed by atoms with Crippen molar-refractivity contribution in [1.29, 1.82) is 0 Å². The van der Waals surface area contributed by atoms with E-state index >= 15 is 0 Å². The van der Waals surface area contributed by atoms with Gasteiger partial charge in [0.2, 0.25) is 0 Å². The lowest BCUT2D eigenvalue weighted by Crippen LogP contribution is -2.49. The first kappa shape index (κ1) is 12.9. The van der Waals surface area contributed by atoms with Crippen molar-refractivity contribution in [2.45, 2.75) is 70.3 Å². The van der Waals surface area contributed by atoms with Gasteiger partial charge < -0.3 is 10.2 Å². The number of hydrogen-bond donors (Lipinski definition) is 1. The first-order valence-corrected chi connectivity index (χ1v) is 8.30. The van der Waals surface area contributed by atoms with Crippen LogP contribution in [0.2, 0.25) is 0 Å². The molecule has 1 aromatic rings. The molecule has 0 spiro atoms. The standard InChI is InChI=1S/C17H26N2O/c1-10(2)16-19-15(14(9-18)20-16)17-6-11-3-12(7-17)5-13(4-11)8-17/h10-13H,3-9,18H2,1-2H3. The zero-order valence-corrected chi connectivity index (χ0v) is 12.7. The molecule has 0 unspecified atom stereocenters. The lowest BCUT2D eigenvalue weighted by atomic mass is 9.48. The third-order valence-electron chi connectivity index (χ3n) is 5.93. The topological polar surface area (TPSA) is 52.0 Å². The van der Waals surface area contributed by atoms with Gasteiger partial charge in [0.05, 0.1) is 12.2 Å². The third-order valence-corrected chi connectivity index (χ3v) is 5.93. The highest BCUT2D eigenvalue weighted by molar-refractivity contribution is 5.27. The Balaban J connectivity index is 1.76. The molecule has 0 atom stereocenters. The number of nitrogens with two attached hydrogens (primary N) is 1. The molecule has 4 bridgehead atoms. The highest BCUT2D eigenvalue weighted by atomic mass is 16.4. The number of hydrogen-bond acceptors (Lipinski definition) is 3. The minimum absolute atomic E-state index is 0.306. The molecule has 1 heterocycles. The first-order valence-electron chi connectivity index (χ1n) is 8.30. The fourth-order valence-electron chi connectivity index (χ4n) is 5.57. The molecule has 1 aromatic heterocycles. The normalized spacial score (nSPS) is 38.9. The molecule has 0 radical (unpaired) electrons. The molecule has 0 aromatic carbocycles. The van der Waals surface area contributed by atoms with Crippen LogP contribution in [0.15, 0.2) is 4.42 Å². The molecule has 110 valence electrons. The summed E-state index contributed by atoms with van der Waals surface area (Å²) in [6.07, 6.45) is 8.38. The van der Waals surface area contributed by atoms with E-state index in [9.17, 15) is 0 Å². The van der Waals surface area contributed by atoms with Crippen LogP contribution in [0.4, 0.5) is 0 Å². The highest BCUT2D eigenvalue weighted by Gasteiger charge is 2.53. The van der Waals surface area contributed by atoms with Gasteiger partial charge in [0.1, 0.15) is 5.76 Å². The Bertz CT molecular complexity index is 482. The average Bonchev–Trinajstić information content (AvgIpc) is 2.82. The van der Waals surface area contributed by atoms with E-state index in [1.807, 2.05) is 0 Å². The predicted octanol–water partition coefficient (Wildman–Crippen LogP) is 3.72. The van der Waals surface area contributed by atoms with Crippen LogP contribution in [-0.2, 0) is 12.0 Å². The zero-order valence-electron chi connectivity index (χ0n) is 12.7. The highest BCUT2D eigenvalue weighted by Crippen LogP contribution is 2.61. The second kappa shape index (κ2) is 4.33. The number of oxazole rings is 1. The van der Waals surface area contributed by atoms with Crippen LogP contribution < -0.4 is 5.73 Å². The maximum atomic E-state index is 5.98. The summed E-state index contributed by atoms with van der Waals surface area (Å²) >= 11 is 0. The second-order valence-corrected chi connectivity index (χ2v) is 7.88. The summed E-state index contributed by atoms with van der Waals surface area (Å²) in [6.45, 7) is 4.79. The van der Waals surface area contributed by atoms with Crippen LogP contribution in [0.3, 0.4) is 0 Å². The van der Waals surface area contributed by atoms with Crippen LogP contribution >= 0.6 is 0 Å². The summed E-state index contributed by atoms with van der Waals surface area (Å²) in [5.74, 6) is 5.01. The molecule has 0 saturated heterocycles. The van der Waals surface area contributed by atoms with E-state index in [1.54, 1.807) is 0 Å². The summed E-state index contributed by atoms with van der Waals surface area (Å²) in [7, 11) is 0. The molecule has 0 aliphatic heterocycles. The van der Waals surface area contributed by atoms with Gasteiger partial charge in [-0.05, 0) is 56.3 Å². The van der Waals surface area contributed by atoms with Gasteiger partial charge in [-0.15, -0.1) is 0 Å². The van der Waals surface area contributed by atoms with Gasteiger partial charge in [0.15, 0.2) is 5.89 Å². The van der Waals surface area contributed by atoms with Gasteiger partial charge in [0, 0.05) is 11.3 Å². The maximum absolute atomic E-state index is 5.98. The monoisotopic (exact) mass is 274 g/mol. The number of aromatic nitrogens is 1. The summed E-state index contributed by atoms with van der Waals surface area (Å²) in [5, 5.41) is 0. The van der Waals surface area contributed by atoms with Gasteiger partial charge >= 0.3 is 0 Å². The van der Waals surface area contributed by atoms with Crippen molar-refractivity contribution in [3.63, 3.8) is 0 Å². The molecule has 0 amide bonds. The van der Waals surface area contributed by atoms with Gasteiger partial charge in [-0.3, -0.25) is 0 Å². The van der Waals surface area contributed by atoms with Crippen molar-refractivity contribution < 1.29 is 4.42 Å². The number of nitrogens with zero attached hydrogens (tertiary/aromatic N) is 1. The molecule has 2 N–H and O–H groups in total. The van der Waals surface area contributed by atoms with E-state index in [1.165, 1.54) is 44.2 Å². The van der Waals surface area contributed by atoms with Crippen molar-refractivity contribution in [2.75, 3.05) is 0 Å². The van der Waals surface area contributed by atoms with E-state index in [2.05, 4.69) is 13.8 Å². The molecular formula is C17H26N2O. The van der Waals surface area contributed by atoms with Crippen molar-refractivity contribution in [3.05, 3.63) is 17.3 Å². The zero-order chi connectivity index (χ0) is 13.9. The van der Waals surface area contributed by atoms with Crippen LogP contribution in [0.1, 0.15) is 75.6 Å². The van der Waals surface area contributed by atoms with Gasteiger partial charge in [-0.2, -0.15) is 0 Å². The van der Waals surface area contributed by atoms with Crippen molar-refractivity contribution in [2.24, 2.45) is 23.5 Å². The van der Waals surface area contributed by atoms with Crippen molar-refractivity contribution in [1.82, 2.24) is 4.98 Å². The van der Waals surface area contributed by atoms with E-state index in [0.717, 1.165) is 29.4 Å². The molecule has 20 heavy (non-hydrogen) atoms. The van der Waals surface area contributed by atoms with Crippen molar-refractivity contribution in [3.8, 4) is 0 Å². The Kier molecular flexibility index (Phi) is 2.79. The minimum atomic E-state index is 0.306. The smallest absolute Gasteiger partial charge is 0.197 e. The summed E-state index contributed by atoms with van der Waals surface area (Å²) in [5.41, 5.74) is 7.49. The Morgan fingerprint density at radius 3 is 2.15 bits per heavy atom. The quantitative estimate of drug-likeness (QED) is 0.913. The number of rotatable bonds is 3. The Morgan fingerprint density at radius 1 is 1.15 bits per heavy atom. The largest absolute Gasteiger partial charge is 0.444 e. The average molecular weight is 274 g/mol. The molecular weight excluding hydrogens is 248 g/mol. The fourth-order valence-corrected chi connectivity index (χ4v) is 5.57. The maximum Gasteiger partial charge on any atom is 0.197 e. The van der Waals surface area contributed by atoms with E-state index in [-0.39, 0.29) is 0 Å². The van der Waals surface area contributed by atoms with Gasteiger partial charge in [-0.1, -0.05) is 13.8 Å². The summed E-state index contributed by atoms with van der Waals surface area (Å²) in [4.78, 5) is 4.92.